The van der Waals surface area contributed by atoms with Crippen molar-refractivity contribution in [2.24, 2.45) is 4.99 Å². The maximum atomic E-state index is 13.7. The third-order valence-corrected chi connectivity index (χ3v) is 4.84. The Hall–Kier alpha value is -3.46. The van der Waals surface area contributed by atoms with Gasteiger partial charge in [-0.15, -0.1) is 0 Å². The highest BCUT2D eigenvalue weighted by atomic mass is 79.9. The van der Waals surface area contributed by atoms with E-state index in [2.05, 4.69) is 31.2 Å². The minimum atomic E-state index is -0.664. The summed E-state index contributed by atoms with van der Waals surface area (Å²) in [7, 11) is 0. The van der Waals surface area contributed by atoms with Crippen molar-refractivity contribution >= 4 is 51.1 Å². The van der Waals surface area contributed by atoms with Crippen molar-refractivity contribution in [3.8, 4) is 5.88 Å². The monoisotopic (exact) mass is 456 g/mol. The molecular formula is C20H14BrFN4O3. The minimum Gasteiger partial charge on any atom is -0.493 e. The third-order valence-electron chi connectivity index (χ3n) is 4.35. The summed E-state index contributed by atoms with van der Waals surface area (Å²) in [6.45, 7) is -0.477. The van der Waals surface area contributed by atoms with Crippen molar-refractivity contribution in [3.05, 3.63) is 74.5 Å². The fourth-order valence-electron chi connectivity index (χ4n) is 2.95. The number of anilines is 1. The highest BCUT2D eigenvalue weighted by molar-refractivity contribution is 9.10. The number of allylic oxidation sites excluding steroid dienone is 1. The number of halogens is 2. The summed E-state index contributed by atoms with van der Waals surface area (Å²) in [5, 5.41) is 12.8. The molecule has 0 unspecified atom stereocenters. The van der Waals surface area contributed by atoms with Crippen LogP contribution in [0.25, 0.3) is 11.6 Å². The van der Waals surface area contributed by atoms with E-state index in [1.54, 1.807) is 18.4 Å². The fourth-order valence-corrected chi connectivity index (χ4v) is 3.32. The van der Waals surface area contributed by atoms with E-state index < -0.39 is 29.8 Å². The van der Waals surface area contributed by atoms with Gasteiger partial charge in [0.25, 0.3) is 0 Å². The summed E-state index contributed by atoms with van der Waals surface area (Å²) < 4.78 is 15.4. The largest absolute Gasteiger partial charge is 0.493 e. The Morgan fingerprint density at radius 2 is 2.10 bits per heavy atom. The molecule has 4 rings (SSSR count). The van der Waals surface area contributed by atoms with Crippen LogP contribution in [0.1, 0.15) is 11.3 Å². The lowest BCUT2D eigenvalue weighted by molar-refractivity contribution is -0.116. The molecule has 0 aliphatic carbocycles. The highest BCUT2D eigenvalue weighted by Gasteiger charge is 2.18. The molecule has 3 N–H and O–H groups in total. The molecule has 29 heavy (non-hydrogen) atoms. The number of aliphatic imine (C=N–C) groups is 1. The van der Waals surface area contributed by atoms with Crippen LogP contribution < -0.4 is 11.0 Å². The first kappa shape index (κ1) is 18.9. The van der Waals surface area contributed by atoms with E-state index in [0.29, 0.717) is 5.57 Å². The topological polar surface area (TPSA) is 99.5 Å². The van der Waals surface area contributed by atoms with Crippen LogP contribution in [-0.2, 0) is 11.3 Å². The second kappa shape index (κ2) is 7.51. The van der Waals surface area contributed by atoms with Crippen LogP contribution in [0.4, 0.5) is 15.8 Å². The van der Waals surface area contributed by atoms with E-state index in [4.69, 9.17) is 0 Å². The molecule has 0 bridgehead atoms. The van der Waals surface area contributed by atoms with Gasteiger partial charge in [-0.2, -0.15) is 0 Å². The molecule has 3 aromatic rings. The Bertz CT molecular complexity index is 1240. The van der Waals surface area contributed by atoms with Crippen molar-refractivity contribution in [3.63, 3.8) is 0 Å². The van der Waals surface area contributed by atoms with Crippen molar-refractivity contribution in [1.29, 1.82) is 0 Å². The van der Waals surface area contributed by atoms with Crippen LogP contribution in [0.3, 0.4) is 0 Å². The molecule has 0 saturated carbocycles. The van der Waals surface area contributed by atoms with Gasteiger partial charge < -0.3 is 15.4 Å². The van der Waals surface area contributed by atoms with Gasteiger partial charge in [-0.25, -0.2) is 9.18 Å². The maximum Gasteiger partial charge on any atom is 0.329 e. The normalized spacial score (nSPS) is 13.7. The van der Waals surface area contributed by atoms with Crippen molar-refractivity contribution in [2.75, 3.05) is 5.32 Å². The van der Waals surface area contributed by atoms with Crippen molar-refractivity contribution in [2.45, 2.75) is 6.54 Å². The number of hydrogen-bond acceptors (Lipinski definition) is 4. The molecule has 1 aromatic heterocycles. The fraction of sp³-hybridized carbons (Fsp3) is 0.0500. The number of rotatable bonds is 4. The van der Waals surface area contributed by atoms with E-state index in [1.165, 1.54) is 18.2 Å². The summed E-state index contributed by atoms with van der Waals surface area (Å²) >= 11 is 3.40. The Morgan fingerprint density at radius 1 is 1.31 bits per heavy atom. The lowest BCUT2D eigenvalue weighted by Gasteiger charge is -2.07. The van der Waals surface area contributed by atoms with Crippen LogP contribution in [0.15, 0.2) is 56.7 Å². The van der Waals surface area contributed by atoms with Crippen molar-refractivity contribution < 1.29 is 14.3 Å². The van der Waals surface area contributed by atoms with Gasteiger partial charge in [0.15, 0.2) is 0 Å². The first-order valence-corrected chi connectivity index (χ1v) is 9.33. The van der Waals surface area contributed by atoms with Gasteiger partial charge >= 0.3 is 5.69 Å². The molecule has 0 radical (unpaired) electrons. The molecule has 7 nitrogen and oxygen atoms in total. The quantitative estimate of drug-likeness (QED) is 0.558. The summed E-state index contributed by atoms with van der Waals surface area (Å²) in [5.41, 5.74) is 1.77. The number of hydrogen-bond donors (Lipinski definition) is 3. The number of nitrogens with one attached hydrogen (secondary N) is 2. The number of para-hydroxylation sites is 1. The predicted octanol–water partition coefficient (Wildman–Crippen LogP) is 3.68. The number of H-pyrrole nitrogens is 1. The van der Waals surface area contributed by atoms with Gasteiger partial charge in [-0.05, 0) is 36.4 Å². The number of nitrogens with zero attached hydrogens (tertiary/aromatic N) is 2. The Labute approximate surface area is 172 Å². The Morgan fingerprint density at radius 3 is 2.90 bits per heavy atom. The van der Waals surface area contributed by atoms with Gasteiger partial charge in [0, 0.05) is 21.8 Å². The lowest BCUT2D eigenvalue weighted by atomic mass is 10.1. The second-order valence-electron chi connectivity index (χ2n) is 6.30. The lowest BCUT2D eigenvalue weighted by Crippen LogP contribution is -2.26. The average Bonchev–Trinajstić information content (AvgIpc) is 3.19. The zero-order valence-electron chi connectivity index (χ0n) is 14.8. The number of fused-ring (bicyclic) bond motifs is 1. The molecule has 146 valence electrons. The standard InChI is InChI=1S/C20H14BrFN4O3/c21-12-5-6-15-13(8-12)11(9-23-15)7-17-19(28)26(20(29)25-17)10-18(27)24-16-4-2-1-3-14(16)22/h1-9,28H,10H2,(H,24,27)(H,25,29). The van der Waals surface area contributed by atoms with Gasteiger partial charge in [-0.1, -0.05) is 28.1 Å². The molecule has 1 aliphatic heterocycles. The number of amides is 1. The summed E-state index contributed by atoms with van der Waals surface area (Å²) in [6.07, 6.45) is 3.20. The molecule has 0 spiro atoms. The van der Waals surface area contributed by atoms with Crippen LogP contribution in [0.2, 0.25) is 0 Å². The van der Waals surface area contributed by atoms with Crippen molar-refractivity contribution in [1.82, 2.24) is 9.55 Å². The minimum absolute atomic E-state index is 0.00716. The molecule has 2 aromatic carbocycles. The van der Waals surface area contributed by atoms with Gasteiger partial charge in [0.05, 0.1) is 11.4 Å². The van der Waals surface area contributed by atoms with E-state index in [1.807, 2.05) is 18.2 Å². The molecule has 9 heteroatoms. The van der Waals surface area contributed by atoms with E-state index in [9.17, 15) is 19.1 Å². The first-order valence-electron chi connectivity index (χ1n) is 8.54. The molecule has 2 heterocycles. The molecule has 1 amide bonds. The highest BCUT2D eigenvalue weighted by Crippen LogP contribution is 2.35. The average molecular weight is 457 g/mol. The predicted molar refractivity (Wildman–Crippen MR) is 112 cm³/mol. The smallest absolute Gasteiger partial charge is 0.329 e. The number of imidazole rings is 1. The van der Waals surface area contributed by atoms with Gasteiger partial charge in [0.1, 0.15) is 18.1 Å². The Balaban J connectivity index is 1.59. The molecule has 1 aliphatic rings. The third kappa shape index (κ3) is 3.77. The molecule has 0 fully saturated rings. The summed E-state index contributed by atoms with van der Waals surface area (Å²) in [5.74, 6) is -1.65. The van der Waals surface area contributed by atoms with Crippen LogP contribution >= 0.6 is 15.9 Å². The number of benzene rings is 2. The van der Waals surface area contributed by atoms with E-state index in [-0.39, 0.29) is 11.4 Å². The summed E-state index contributed by atoms with van der Waals surface area (Å²) in [6, 6.07) is 11.3. The summed E-state index contributed by atoms with van der Waals surface area (Å²) in [4.78, 5) is 31.2. The first-order chi connectivity index (χ1) is 13.9. The number of aromatic nitrogens is 2. The number of carbonyl (C=O) groups is 1. The SMILES string of the molecule is O=C(Cn1c(O)c(C=C2C=Nc3ccc(Br)cc32)[nH]c1=O)Nc1ccccc1F. The number of carbonyl (C=O) groups excluding carboxylic acids is 1. The molecular weight excluding hydrogens is 443 g/mol. The van der Waals surface area contributed by atoms with E-state index >= 15 is 0 Å². The van der Waals surface area contributed by atoms with Gasteiger partial charge in [-0.3, -0.25) is 14.4 Å². The zero-order valence-corrected chi connectivity index (χ0v) is 16.4. The van der Waals surface area contributed by atoms with Crippen LogP contribution in [-0.4, -0.2) is 26.8 Å². The van der Waals surface area contributed by atoms with E-state index in [0.717, 1.165) is 20.3 Å². The maximum absolute atomic E-state index is 13.7. The number of aromatic amines is 1. The molecule has 0 saturated heterocycles. The second-order valence-corrected chi connectivity index (χ2v) is 7.22. The Kier molecular flexibility index (Phi) is 4.89. The number of aromatic hydroxyl groups is 1. The van der Waals surface area contributed by atoms with Crippen LogP contribution in [0.5, 0.6) is 5.88 Å². The zero-order chi connectivity index (χ0) is 20.5. The van der Waals surface area contributed by atoms with Gasteiger partial charge in [0.2, 0.25) is 11.8 Å². The van der Waals surface area contributed by atoms with Crippen LogP contribution in [0, 0.1) is 5.82 Å². The molecule has 0 atom stereocenters.